The van der Waals surface area contributed by atoms with Crippen LogP contribution in [0.1, 0.15) is 30.6 Å². The quantitative estimate of drug-likeness (QED) is 0.810. The Morgan fingerprint density at radius 3 is 2.95 bits per heavy atom. The summed E-state index contributed by atoms with van der Waals surface area (Å²) < 4.78 is 10.7. The van der Waals surface area contributed by atoms with Crippen LogP contribution in [0.3, 0.4) is 0 Å². The fraction of sp³-hybridized carbons (Fsp3) is 0.500. The van der Waals surface area contributed by atoms with E-state index >= 15 is 0 Å². The molecule has 1 aliphatic rings. The standard InChI is InChI=1S/C14H20N2O3/c1-3-19-12-5-4-10(8-11(12)15)13(17)16-14(2)6-7-18-9-14/h4-5,8H,3,6-7,9,15H2,1-2H3,(H,16,17). The Balaban J connectivity index is 2.09. The molecule has 1 unspecified atom stereocenters. The molecule has 0 aromatic heterocycles. The van der Waals surface area contributed by atoms with Crippen LogP contribution in [0, 0.1) is 0 Å². The van der Waals surface area contributed by atoms with Gasteiger partial charge >= 0.3 is 0 Å². The fourth-order valence-corrected chi connectivity index (χ4v) is 2.09. The molecule has 5 nitrogen and oxygen atoms in total. The van der Waals surface area contributed by atoms with Crippen molar-refractivity contribution in [2.24, 2.45) is 0 Å². The Morgan fingerprint density at radius 1 is 1.58 bits per heavy atom. The third-order valence-corrected chi connectivity index (χ3v) is 3.21. The molecule has 1 amide bonds. The van der Waals surface area contributed by atoms with Crippen molar-refractivity contribution in [2.45, 2.75) is 25.8 Å². The summed E-state index contributed by atoms with van der Waals surface area (Å²) in [7, 11) is 0. The lowest BCUT2D eigenvalue weighted by Crippen LogP contribution is -2.46. The van der Waals surface area contributed by atoms with Crippen LogP contribution < -0.4 is 15.8 Å². The number of hydrogen-bond donors (Lipinski definition) is 2. The summed E-state index contributed by atoms with van der Waals surface area (Å²) >= 11 is 0. The topological polar surface area (TPSA) is 73.6 Å². The van der Waals surface area contributed by atoms with Crippen LogP contribution in [-0.4, -0.2) is 31.3 Å². The summed E-state index contributed by atoms with van der Waals surface area (Å²) in [5.74, 6) is 0.470. The Labute approximate surface area is 113 Å². The van der Waals surface area contributed by atoms with Gasteiger partial charge in [-0.05, 0) is 38.5 Å². The smallest absolute Gasteiger partial charge is 0.251 e. The van der Waals surface area contributed by atoms with Gasteiger partial charge in [0.1, 0.15) is 5.75 Å². The Hall–Kier alpha value is -1.75. The van der Waals surface area contributed by atoms with Crippen LogP contribution in [0.25, 0.3) is 0 Å². The maximum atomic E-state index is 12.2. The minimum absolute atomic E-state index is 0.136. The second-order valence-corrected chi connectivity index (χ2v) is 5.00. The lowest BCUT2D eigenvalue weighted by molar-refractivity contribution is 0.0890. The molecule has 1 aromatic carbocycles. The molecule has 1 aromatic rings. The Kier molecular flexibility index (Phi) is 3.95. The zero-order valence-electron chi connectivity index (χ0n) is 11.4. The Morgan fingerprint density at radius 2 is 2.37 bits per heavy atom. The summed E-state index contributed by atoms with van der Waals surface area (Å²) in [6.07, 6.45) is 0.825. The van der Waals surface area contributed by atoms with Crippen LogP contribution in [0.15, 0.2) is 18.2 Å². The highest BCUT2D eigenvalue weighted by Gasteiger charge is 2.31. The zero-order chi connectivity index (χ0) is 13.9. The predicted octanol–water partition coefficient (Wildman–Crippen LogP) is 1.58. The van der Waals surface area contributed by atoms with Crippen molar-refractivity contribution in [3.05, 3.63) is 23.8 Å². The highest BCUT2D eigenvalue weighted by atomic mass is 16.5. The summed E-state index contributed by atoms with van der Waals surface area (Å²) in [6.45, 7) is 5.65. The molecule has 1 fully saturated rings. The molecule has 1 heterocycles. The first kappa shape index (κ1) is 13.7. The molecular weight excluding hydrogens is 244 g/mol. The molecule has 19 heavy (non-hydrogen) atoms. The predicted molar refractivity (Wildman–Crippen MR) is 73.3 cm³/mol. The molecular formula is C14H20N2O3. The molecule has 0 radical (unpaired) electrons. The number of benzene rings is 1. The first-order valence-corrected chi connectivity index (χ1v) is 6.47. The van der Waals surface area contributed by atoms with E-state index in [2.05, 4.69) is 5.32 Å². The van der Waals surface area contributed by atoms with E-state index in [1.807, 2.05) is 13.8 Å². The van der Waals surface area contributed by atoms with E-state index in [0.717, 1.165) is 6.42 Å². The molecule has 1 atom stereocenters. The third kappa shape index (κ3) is 3.17. The van der Waals surface area contributed by atoms with Crippen molar-refractivity contribution < 1.29 is 14.3 Å². The second kappa shape index (κ2) is 5.48. The molecule has 0 spiro atoms. The minimum Gasteiger partial charge on any atom is -0.492 e. The van der Waals surface area contributed by atoms with Gasteiger partial charge in [-0.15, -0.1) is 0 Å². The van der Waals surface area contributed by atoms with Crippen molar-refractivity contribution in [1.29, 1.82) is 0 Å². The first-order valence-electron chi connectivity index (χ1n) is 6.47. The van der Waals surface area contributed by atoms with Gasteiger partial charge in [-0.2, -0.15) is 0 Å². The molecule has 0 aliphatic carbocycles. The van der Waals surface area contributed by atoms with Gasteiger partial charge in [-0.1, -0.05) is 0 Å². The van der Waals surface area contributed by atoms with Gasteiger partial charge in [0.15, 0.2) is 0 Å². The van der Waals surface area contributed by atoms with Gasteiger partial charge in [-0.25, -0.2) is 0 Å². The molecule has 1 aliphatic heterocycles. The number of anilines is 1. The van der Waals surface area contributed by atoms with Gasteiger partial charge in [0, 0.05) is 12.2 Å². The monoisotopic (exact) mass is 264 g/mol. The number of hydrogen-bond acceptors (Lipinski definition) is 4. The highest BCUT2D eigenvalue weighted by Crippen LogP contribution is 2.23. The van der Waals surface area contributed by atoms with Crippen molar-refractivity contribution in [2.75, 3.05) is 25.6 Å². The van der Waals surface area contributed by atoms with Crippen molar-refractivity contribution in [1.82, 2.24) is 5.32 Å². The van der Waals surface area contributed by atoms with Crippen molar-refractivity contribution in [3.8, 4) is 5.75 Å². The SMILES string of the molecule is CCOc1ccc(C(=O)NC2(C)CCOC2)cc1N. The molecule has 0 bridgehead atoms. The Bertz CT molecular complexity index is 468. The number of amides is 1. The van der Waals surface area contributed by atoms with Crippen LogP contribution in [0.4, 0.5) is 5.69 Å². The molecule has 5 heteroatoms. The molecule has 0 saturated carbocycles. The molecule has 2 rings (SSSR count). The highest BCUT2D eigenvalue weighted by molar-refractivity contribution is 5.96. The zero-order valence-corrected chi connectivity index (χ0v) is 11.4. The summed E-state index contributed by atoms with van der Waals surface area (Å²) in [5, 5.41) is 2.99. The number of ether oxygens (including phenoxy) is 2. The normalized spacial score (nSPS) is 22.2. The summed E-state index contributed by atoms with van der Waals surface area (Å²) in [5.41, 5.74) is 6.58. The largest absolute Gasteiger partial charge is 0.492 e. The van der Waals surface area contributed by atoms with E-state index in [-0.39, 0.29) is 11.4 Å². The van der Waals surface area contributed by atoms with Gasteiger partial charge in [0.25, 0.3) is 5.91 Å². The van der Waals surface area contributed by atoms with Gasteiger partial charge < -0.3 is 20.5 Å². The van der Waals surface area contributed by atoms with Gasteiger partial charge in [0.2, 0.25) is 0 Å². The molecule has 3 N–H and O–H groups in total. The summed E-state index contributed by atoms with van der Waals surface area (Å²) in [4.78, 5) is 12.2. The lowest BCUT2D eigenvalue weighted by Gasteiger charge is -2.23. The van der Waals surface area contributed by atoms with E-state index in [1.54, 1.807) is 18.2 Å². The van der Waals surface area contributed by atoms with E-state index in [4.69, 9.17) is 15.2 Å². The fourth-order valence-electron chi connectivity index (χ4n) is 2.09. The number of rotatable bonds is 4. The summed E-state index contributed by atoms with van der Waals surface area (Å²) in [6, 6.07) is 5.08. The maximum absolute atomic E-state index is 12.2. The number of nitrogen functional groups attached to an aromatic ring is 1. The second-order valence-electron chi connectivity index (χ2n) is 5.00. The number of nitrogens with one attached hydrogen (secondary N) is 1. The average molecular weight is 264 g/mol. The third-order valence-electron chi connectivity index (χ3n) is 3.21. The van der Waals surface area contributed by atoms with Crippen LogP contribution >= 0.6 is 0 Å². The van der Waals surface area contributed by atoms with Gasteiger partial charge in [0.05, 0.1) is 24.4 Å². The first-order chi connectivity index (χ1) is 9.04. The van der Waals surface area contributed by atoms with E-state index in [9.17, 15) is 4.79 Å². The number of nitrogens with two attached hydrogens (primary N) is 1. The average Bonchev–Trinajstić information content (AvgIpc) is 2.78. The molecule has 104 valence electrons. The van der Waals surface area contributed by atoms with Crippen LogP contribution in [0.2, 0.25) is 0 Å². The van der Waals surface area contributed by atoms with E-state index in [0.29, 0.717) is 36.8 Å². The number of carbonyl (C=O) groups is 1. The number of carbonyl (C=O) groups excluding carboxylic acids is 1. The maximum Gasteiger partial charge on any atom is 0.251 e. The van der Waals surface area contributed by atoms with Crippen LogP contribution in [0.5, 0.6) is 5.75 Å². The molecule has 1 saturated heterocycles. The van der Waals surface area contributed by atoms with E-state index < -0.39 is 0 Å². The van der Waals surface area contributed by atoms with Crippen LogP contribution in [-0.2, 0) is 4.74 Å². The van der Waals surface area contributed by atoms with Gasteiger partial charge in [-0.3, -0.25) is 4.79 Å². The van der Waals surface area contributed by atoms with Crippen molar-refractivity contribution >= 4 is 11.6 Å². The minimum atomic E-state index is -0.287. The van der Waals surface area contributed by atoms with Crippen molar-refractivity contribution in [3.63, 3.8) is 0 Å². The van der Waals surface area contributed by atoms with E-state index in [1.165, 1.54) is 0 Å². The lowest BCUT2D eigenvalue weighted by atomic mass is 10.0.